The van der Waals surface area contributed by atoms with E-state index in [9.17, 15) is 0 Å². The summed E-state index contributed by atoms with van der Waals surface area (Å²) in [5, 5.41) is 18.4. The van der Waals surface area contributed by atoms with Gasteiger partial charge in [-0.3, -0.25) is 4.98 Å². The maximum atomic E-state index is 8.77. The van der Waals surface area contributed by atoms with Crippen LogP contribution in [-0.2, 0) is 11.3 Å². The molecule has 0 atom stereocenters. The molecule has 1 aromatic carbocycles. The molecule has 8 nitrogen and oxygen atoms in total. The molecule has 3 heterocycles. The third-order valence-corrected chi connectivity index (χ3v) is 4.11. The molecule has 0 aliphatic carbocycles. The van der Waals surface area contributed by atoms with Crippen LogP contribution in [0.1, 0.15) is 23.9 Å². The predicted octanol–water partition coefficient (Wildman–Crippen LogP) is 2.00. The van der Waals surface area contributed by atoms with Crippen molar-refractivity contribution in [3.8, 4) is 0 Å². The zero-order valence-corrected chi connectivity index (χ0v) is 14.8. The average Bonchev–Trinajstić information content (AvgIpc) is 3.10. The van der Waals surface area contributed by atoms with E-state index in [0.717, 1.165) is 22.2 Å². The monoisotopic (exact) mass is 362 g/mol. The Hall–Kier alpha value is -3.39. The molecule has 136 valence electrons. The average molecular weight is 362 g/mol. The van der Waals surface area contributed by atoms with Crippen molar-refractivity contribution in [1.29, 1.82) is 0 Å². The number of pyridine rings is 1. The molecule has 0 saturated carbocycles. The van der Waals surface area contributed by atoms with Gasteiger partial charge in [0, 0.05) is 18.0 Å². The van der Waals surface area contributed by atoms with Crippen LogP contribution in [-0.4, -0.2) is 48.6 Å². The lowest BCUT2D eigenvalue weighted by Crippen LogP contribution is -2.08. The molecule has 3 aromatic heterocycles. The maximum Gasteiger partial charge on any atom is 0.250 e. The van der Waals surface area contributed by atoms with Gasteiger partial charge in [-0.1, -0.05) is 17.3 Å². The number of aliphatic hydroxyl groups excluding tert-OH is 1. The summed E-state index contributed by atoms with van der Waals surface area (Å²) < 4.78 is 1.72. The van der Waals surface area contributed by atoms with Crippen molar-refractivity contribution in [1.82, 2.24) is 24.6 Å². The predicted molar refractivity (Wildman–Crippen MR) is 101 cm³/mol. The number of benzene rings is 1. The van der Waals surface area contributed by atoms with Gasteiger partial charge in [0.2, 0.25) is 0 Å². The Labute approximate surface area is 155 Å². The first-order valence-corrected chi connectivity index (χ1v) is 8.56. The highest BCUT2D eigenvalue weighted by Gasteiger charge is 2.10. The second kappa shape index (κ2) is 7.46. The first kappa shape index (κ1) is 17.0. The summed E-state index contributed by atoms with van der Waals surface area (Å²) in [6.07, 6.45) is 5.84. The number of imidazole rings is 1. The van der Waals surface area contributed by atoms with Crippen molar-refractivity contribution < 1.29 is 9.94 Å². The van der Waals surface area contributed by atoms with Crippen LogP contribution in [0.15, 0.2) is 54.1 Å². The standard InChI is InChI=1S/C19H18N6O2/c1-13(24-27-8-7-26)18-12-22-19-21-11-16(25(19)23-18)10-14-4-5-17-15(9-14)3-2-6-20-17/h2-6,9,11-12,26H,7-8,10H2,1H3. The smallest absolute Gasteiger partial charge is 0.250 e. The van der Waals surface area contributed by atoms with Gasteiger partial charge in [-0.2, -0.15) is 5.10 Å². The quantitative estimate of drug-likeness (QED) is 0.320. The second-order valence-corrected chi connectivity index (χ2v) is 6.05. The van der Waals surface area contributed by atoms with E-state index in [4.69, 9.17) is 9.94 Å². The molecule has 0 fully saturated rings. The molecular weight excluding hydrogens is 344 g/mol. The number of hydrogen-bond acceptors (Lipinski definition) is 7. The van der Waals surface area contributed by atoms with Crippen LogP contribution in [0.3, 0.4) is 0 Å². The fourth-order valence-corrected chi connectivity index (χ4v) is 2.78. The van der Waals surface area contributed by atoms with Crippen LogP contribution >= 0.6 is 0 Å². The minimum absolute atomic E-state index is 0.0888. The normalized spacial score (nSPS) is 12.0. The van der Waals surface area contributed by atoms with Crippen LogP contribution in [0.5, 0.6) is 0 Å². The third kappa shape index (κ3) is 3.61. The lowest BCUT2D eigenvalue weighted by molar-refractivity contribution is 0.0986. The van der Waals surface area contributed by atoms with Crippen molar-refractivity contribution in [3.05, 3.63) is 65.9 Å². The molecule has 27 heavy (non-hydrogen) atoms. The topological polar surface area (TPSA) is 97.8 Å². The fraction of sp³-hybridized carbons (Fsp3) is 0.211. The number of oxime groups is 1. The molecule has 0 aliphatic heterocycles. The number of hydrogen-bond donors (Lipinski definition) is 1. The van der Waals surface area contributed by atoms with E-state index in [1.807, 2.05) is 18.2 Å². The van der Waals surface area contributed by atoms with Gasteiger partial charge in [-0.15, -0.1) is 0 Å². The molecular formula is C19H18N6O2. The van der Waals surface area contributed by atoms with Gasteiger partial charge >= 0.3 is 0 Å². The summed E-state index contributed by atoms with van der Waals surface area (Å²) in [4.78, 5) is 18.0. The highest BCUT2D eigenvalue weighted by Crippen LogP contribution is 2.16. The highest BCUT2D eigenvalue weighted by atomic mass is 16.6. The van der Waals surface area contributed by atoms with Crippen LogP contribution in [0.2, 0.25) is 0 Å². The number of nitrogens with zero attached hydrogens (tertiary/aromatic N) is 6. The lowest BCUT2D eigenvalue weighted by Gasteiger charge is -2.05. The van der Waals surface area contributed by atoms with Gasteiger partial charge in [0.05, 0.1) is 30.2 Å². The summed E-state index contributed by atoms with van der Waals surface area (Å²) in [6.45, 7) is 1.83. The van der Waals surface area contributed by atoms with Crippen molar-refractivity contribution in [2.24, 2.45) is 5.16 Å². The Bertz CT molecular complexity index is 1120. The Morgan fingerprint density at radius 3 is 2.96 bits per heavy atom. The largest absolute Gasteiger partial charge is 0.393 e. The van der Waals surface area contributed by atoms with Crippen molar-refractivity contribution in [2.45, 2.75) is 13.3 Å². The maximum absolute atomic E-state index is 8.77. The van der Waals surface area contributed by atoms with Crippen LogP contribution < -0.4 is 0 Å². The minimum Gasteiger partial charge on any atom is -0.393 e. The molecule has 0 unspecified atom stereocenters. The molecule has 4 aromatic rings. The van der Waals surface area contributed by atoms with E-state index in [-0.39, 0.29) is 13.2 Å². The first-order valence-electron chi connectivity index (χ1n) is 8.56. The molecule has 0 saturated heterocycles. The second-order valence-electron chi connectivity index (χ2n) is 6.05. The van der Waals surface area contributed by atoms with E-state index in [1.54, 1.807) is 30.0 Å². The molecule has 0 amide bonds. The summed E-state index contributed by atoms with van der Waals surface area (Å²) in [5.41, 5.74) is 4.20. The molecule has 0 bridgehead atoms. The molecule has 0 radical (unpaired) electrons. The van der Waals surface area contributed by atoms with Crippen molar-refractivity contribution in [3.63, 3.8) is 0 Å². The highest BCUT2D eigenvalue weighted by molar-refractivity contribution is 5.96. The Morgan fingerprint density at radius 1 is 1.19 bits per heavy atom. The van der Waals surface area contributed by atoms with Gasteiger partial charge in [0.25, 0.3) is 5.78 Å². The van der Waals surface area contributed by atoms with Gasteiger partial charge in [0.1, 0.15) is 18.0 Å². The third-order valence-electron chi connectivity index (χ3n) is 4.11. The Balaban J connectivity index is 1.65. The van der Waals surface area contributed by atoms with Gasteiger partial charge in [0.15, 0.2) is 0 Å². The van der Waals surface area contributed by atoms with Gasteiger partial charge in [-0.05, 0) is 30.7 Å². The van der Waals surface area contributed by atoms with Gasteiger partial charge in [-0.25, -0.2) is 14.5 Å². The first-order chi connectivity index (χ1) is 13.2. The zero-order chi connectivity index (χ0) is 18.6. The SMILES string of the molecule is CC(=NOCCO)c1cnc2ncc(Cc3ccc4ncccc4c3)n2n1. The van der Waals surface area contributed by atoms with E-state index in [1.165, 1.54) is 0 Å². The van der Waals surface area contributed by atoms with Crippen LogP contribution in [0.25, 0.3) is 16.7 Å². The van der Waals surface area contributed by atoms with Crippen LogP contribution in [0, 0.1) is 0 Å². The molecule has 8 heteroatoms. The summed E-state index contributed by atoms with van der Waals surface area (Å²) in [7, 11) is 0. The number of fused-ring (bicyclic) bond motifs is 2. The number of aromatic nitrogens is 5. The fourth-order valence-electron chi connectivity index (χ4n) is 2.78. The molecule has 4 rings (SSSR count). The molecule has 0 spiro atoms. The summed E-state index contributed by atoms with van der Waals surface area (Å²) in [6, 6.07) is 10.2. The number of rotatable bonds is 6. The van der Waals surface area contributed by atoms with E-state index < -0.39 is 0 Å². The zero-order valence-electron chi connectivity index (χ0n) is 14.8. The van der Waals surface area contributed by atoms with Crippen molar-refractivity contribution in [2.75, 3.05) is 13.2 Å². The summed E-state index contributed by atoms with van der Waals surface area (Å²) >= 11 is 0. The van der Waals surface area contributed by atoms with Gasteiger partial charge < -0.3 is 9.94 Å². The number of aliphatic hydroxyl groups is 1. The molecule has 0 aliphatic rings. The minimum atomic E-state index is -0.0888. The van der Waals surface area contributed by atoms with Crippen LogP contribution in [0.4, 0.5) is 0 Å². The van der Waals surface area contributed by atoms with E-state index >= 15 is 0 Å². The Kier molecular flexibility index (Phi) is 4.71. The molecule has 1 N–H and O–H groups in total. The lowest BCUT2D eigenvalue weighted by atomic mass is 10.1. The van der Waals surface area contributed by atoms with E-state index in [2.05, 4.69) is 37.3 Å². The van der Waals surface area contributed by atoms with E-state index in [0.29, 0.717) is 23.6 Å². The Morgan fingerprint density at radius 2 is 2.07 bits per heavy atom. The summed E-state index contributed by atoms with van der Waals surface area (Å²) in [5.74, 6) is 0.528. The van der Waals surface area contributed by atoms with Crippen molar-refractivity contribution >= 4 is 22.4 Å².